The number of piperidine rings is 1. The number of carboxylic acids is 1. The van der Waals surface area contributed by atoms with E-state index in [1.165, 1.54) is 12.0 Å². The molecule has 1 N–H and O–H groups in total. The number of nitrogens with zero attached hydrogens (tertiary/aromatic N) is 2. The second kappa shape index (κ2) is 10.6. The summed E-state index contributed by atoms with van der Waals surface area (Å²) in [7, 11) is 0. The molecule has 0 unspecified atom stereocenters. The summed E-state index contributed by atoms with van der Waals surface area (Å²) in [6.07, 6.45) is 4.51. The van der Waals surface area contributed by atoms with E-state index in [4.69, 9.17) is 5.11 Å². The number of benzene rings is 1. The lowest BCUT2D eigenvalue weighted by atomic mass is 10.0. The molecule has 0 amide bonds. The first-order chi connectivity index (χ1) is 10.7. The zero-order valence-corrected chi connectivity index (χ0v) is 14.8. The summed E-state index contributed by atoms with van der Waals surface area (Å²) >= 11 is 0. The van der Waals surface area contributed by atoms with E-state index in [0.29, 0.717) is 6.04 Å². The van der Waals surface area contributed by atoms with Crippen LogP contribution in [0.15, 0.2) is 30.3 Å². The first-order valence-corrected chi connectivity index (χ1v) is 8.41. The van der Waals surface area contributed by atoms with Crippen molar-refractivity contribution in [2.45, 2.75) is 38.6 Å². The van der Waals surface area contributed by atoms with Gasteiger partial charge in [-0.1, -0.05) is 37.3 Å². The van der Waals surface area contributed by atoms with Crippen molar-refractivity contribution in [3.63, 3.8) is 0 Å². The third-order valence-corrected chi connectivity index (χ3v) is 4.60. The summed E-state index contributed by atoms with van der Waals surface area (Å²) in [5, 5.41) is 8.97. The molecule has 0 aromatic heterocycles. The van der Waals surface area contributed by atoms with Crippen LogP contribution in [0, 0.1) is 0 Å². The van der Waals surface area contributed by atoms with Crippen molar-refractivity contribution in [2.75, 3.05) is 32.7 Å². The molecule has 0 spiro atoms. The lowest BCUT2D eigenvalue weighted by Crippen LogP contribution is -2.46. The number of carboxylic acid groups (broad SMARTS) is 1. The Kier molecular flexibility index (Phi) is 9.22. The monoisotopic (exact) mass is 340 g/mol. The topological polar surface area (TPSA) is 43.8 Å². The van der Waals surface area contributed by atoms with Crippen LogP contribution in [0.5, 0.6) is 0 Å². The number of likely N-dealkylation sites (tertiary alicyclic amines) is 1. The van der Waals surface area contributed by atoms with Crippen molar-refractivity contribution in [3.05, 3.63) is 35.9 Å². The lowest BCUT2D eigenvalue weighted by molar-refractivity contribution is -0.139. The molecule has 0 radical (unpaired) electrons. The van der Waals surface area contributed by atoms with Gasteiger partial charge in [0, 0.05) is 6.04 Å². The minimum atomic E-state index is -0.716. The van der Waals surface area contributed by atoms with E-state index in [0.717, 1.165) is 45.4 Å². The average molecular weight is 341 g/mol. The minimum Gasteiger partial charge on any atom is -0.480 e. The second-order valence-electron chi connectivity index (χ2n) is 6.12. The van der Waals surface area contributed by atoms with E-state index in [-0.39, 0.29) is 19.0 Å². The maximum atomic E-state index is 10.9. The number of hydrogen-bond acceptors (Lipinski definition) is 3. The molecule has 1 heterocycles. The van der Waals surface area contributed by atoms with Crippen molar-refractivity contribution >= 4 is 18.4 Å². The summed E-state index contributed by atoms with van der Waals surface area (Å²) in [6.45, 7) is 6.38. The Bertz CT molecular complexity index is 448. The molecular weight excluding hydrogens is 312 g/mol. The van der Waals surface area contributed by atoms with Crippen LogP contribution in [-0.2, 0) is 11.2 Å². The maximum Gasteiger partial charge on any atom is 0.317 e. The van der Waals surface area contributed by atoms with Gasteiger partial charge in [-0.25, -0.2) is 0 Å². The van der Waals surface area contributed by atoms with Gasteiger partial charge in [0.25, 0.3) is 0 Å². The Labute approximate surface area is 145 Å². The first kappa shape index (κ1) is 19.9. The quantitative estimate of drug-likeness (QED) is 0.790. The molecule has 2 rings (SSSR count). The fourth-order valence-corrected chi connectivity index (χ4v) is 3.33. The van der Waals surface area contributed by atoms with Crippen LogP contribution >= 0.6 is 12.4 Å². The standard InChI is InChI=1S/C18H28N2O2.ClH/c1-2-20(15-18(21)22)17-10-13-19(14-11-17)12-6-9-16-7-4-3-5-8-16;/h3-5,7-8,17H,2,6,9-15H2,1H3,(H,21,22);1H. The molecule has 0 aliphatic carbocycles. The Balaban J connectivity index is 0.00000264. The molecule has 0 atom stereocenters. The molecule has 23 heavy (non-hydrogen) atoms. The summed E-state index contributed by atoms with van der Waals surface area (Å²) in [5.74, 6) is -0.716. The highest BCUT2D eigenvalue weighted by molar-refractivity contribution is 5.85. The number of rotatable bonds is 8. The molecule has 130 valence electrons. The summed E-state index contributed by atoms with van der Waals surface area (Å²) < 4.78 is 0. The Morgan fingerprint density at radius 3 is 2.48 bits per heavy atom. The summed E-state index contributed by atoms with van der Waals surface area (Å²) in [6, 6.07) is 11.1. The Morgan fingerprint density at radius 2 is 1.91 bits per heavy atom. The van der Waals surface area contributed by atoms with E-state index in [1.54, 1.807) is 0 Å². The maximum absolute atomic E-state index is 10.9. The highest BCUT2D eigenvalue weighted by Crippen LogP contribution is 2.17. The van der Waals surface area contributed by atoms with Crippen LogP contribution in [0.1, 0.15) is 31.7 Å². The van der Waals surface area contributed by atoms with Crippen molar-refractivity contribution < 1.29 is 9.90 Å². The third-order valence-electron chi connectivity index (χ3n) is 4.60. The highest BCUT2D eigenvalue weighted by Gasteiger charge is 2.24. The van der Waals surface area contributed by atoms with E-state index in [2.05, 4.69) is 47.1 Å². The van der Waals surface area contributed by atoms with Crippen LogP contribution in [0.3, 0.4) is 0 Å². The Hall–Kier alpha value is -1.10. The molecule has 1 aliphatic rings. The average Bonchev–Trinajstić information content (AvgIpc) is 2.54. The van der Waals surface area contributed by atoms with Crippen molar-refractivity contribution in [1.82, 2.24) is 9.80 Å². The number of carbonyl (C=O) groups is 1. The van der Waals surface area contributed by atoms with Gasteiger partial charge < -0.3 is 10.0 Å². The first-order valence-electron chi connectivity index (χ1n) is 8.41. The van der Waals surface area contributed by atoms with Gasteiger partial charge >= 0.3 is 5.97 Å². The van der Waals surface area contributed by atoms with Gasteiger partial charge in [-0.05, 0) is 57.4 Å². The molecule has 1 saturated heterocycles. The van der Waals surface area contributed by atoms with E-state index >= 15 is 0 Å². The van der Waals surface area contributed by atoms with Crippen LogP contribution < -0.4 is 0 Å². The third kappa shape index (κ3) is 6.90. The van der Waals surface area contributed by atoms with Crippen LogP contribution in [0.2, 0.25) is 0 Å². The van der Waals surface area contributed by atoms with Crippen molar-refractivity contribution in [3.8, 4) is 0 Å². The molecule has 0 saturated carbocycles. The predicted molar refractivity (Wildman–Crippen MR) is 96.4 cm³/mol. The number of aliphatic carboxylic acids is 1. The molecule has 1 aromatic carbocycles. The molecule has 1 aliphatic heterocycles. The summed E-state index contributed by atoms with van der Waals surface area (Å²) in [4.78, 5) is 15.5. The molecule has 1 aromatic rings. The van der Waals surface area contributed by atoms with Crippen LogP contribution in [0.25, 0.3) is 0 Å². The molecule has 5 heteroatoms. The van der Waals surface area contributed by atoms with Gasteiger partial charge in [0.05, 0.1) is 6.54 Å². The van der Waals surface area contributed by atoms with Crippen molar-refractivity contribution in [2.24, 2.45) is 0 Å². The number of aryl methyl sites for hydroxylation is 1. The smallest absolute Gasteiger partial charge is 0.317 e. The highest BCUT2D eigenvalue weighted by atomic mass is 35.5. The van der Waals surface area contributed by atoms with Gasteiger partial charge in [0.1, 0.15) is 0 Å². The van der Waals surface area contributed by atoms with E-state index in [1.807, 2.05) is 0 Å². The van der Waals surface area contributed by atoms with Gasteiger partial charge in [-0.3, -0.25) is 9.69 Å². The van der Waals surface area contributed by atoms with E-state index in [9.17, 15) is 4.79 Å². The van der Waals surface area contributed by atoms with Gasteiger partial charge in [0.2, 0.25) is 0 Å². The van der Waals surface area contributed by atoms with Gasteiger partial charge in [-0.15, -0.1) is 12.4 Å². The number of hydrogen-bond donors (Lipinski definition) is 1. The number of halogens is 1. The van der Waals surface area contributed by atoms with Crippen LogP contribution in [-0.4, -0.2) is 59.6 Å². The zero-order valence-electron chi connectivity index (χ0n) is 14.0. The summed E-state index contributed by atoms with van der Waals surface area (Å²) in [5.41, 5.74) is 1.41. The van der Waals surface area contributed by atoms with Gasteiger partial charge in [-0.2, -0.15) is 0 Å². The van der Waals surface area contributed by atoms with E-state index < -0.39 is 5.97 Å². The zero-order chi connectivity index (χ0) is 15.8. The fraction of sp³-hybridized carbons (Fsp3) is 0.611. The molecule has 4 nitrogen and oxygen atoms in total. The Morgan fingerprint density at radius 1 is 1.26 bits per heavy atom. The largest absolute Gasteiger partial charge is 0.480 e. The SMILES string of the molecule is CCN(CC(=O)O)C1CCN(CCCc2ccccc2)CC1.Cl. The molecule has 0 bridgehead atoms. The normalized spacial score (nSPS) is 16.3. The van der Waals surface area contributed by atoms with Gasteiger partial charge in [0.15, 0.2) is 0 Å². The molecular formula is C18H29ClN2O2. The number of likely N-dealkylation sites (N-methyl/N-ethyl adjacent to an activating group) is 1. The van der Waals surface area contributed by atoms with Crippen LogP contribution in [0.4, 0.5) is 0 Å². The van der Waals surface area contributed by atoms with Crippen molar-refractivity contribution in [1.29, 1.82) is 0 Å². The second-order valence-corrected chi connectivity index (χ2v) is 6.12. The fourth-order valence-electron chi connectivity index (χ4n) is 3.33. The lowest BCUT2D eigenvalue weighted by Gasteiger charge is -2.37. The predicted octanol–water partition coefficient (Wildman–Crippen LogP) is 2.91. The molecule has 1 fully saturated rings. The minimum absolute atomic E-state index is 0.